The standard InChI is InChI=1S/C21H21N3O5S/c1-2-29-21(26)23-22-20(25)13-15-7-10-18(11-8-15)24-30(27,28)19-12-9-16-5-3-4-6-17(16)14-19/h3-12,14,24H,2,13H2,1H3,(H,22,25)(H,23,26). The molecule has 30 heavy (non-hydrogen) atoms. The van der Waals surface area contributed by atoms with Gasteiger partial charge in [0.15, 0.2) is 0 Å². The minimum absolute atomic E-state index is 0.00408. The molecule has 0 atom stereocenters. The monoisotopic (exact) mass is 427 g/mol. The number of hydrogen-bond donors (Lipinski definition) is 3. The van der Waals surface area contributed by atoms with E-state index in [1.165, 1.54) is 0 Å². The largest absolute Gasteiger partial charge is 0.449 e. The molecule has 0 heterocycles. The first kappa shape index (κ1) is 21.1. The normalized spacial score (nSPS) is 11.0. The highest BCUT2D eigenvalue weighted by molar-refractivity contribution is 7.92. The number of amides is 2. The van der Waals surface area contributed by atoms with E-state index in [0.29, 0.717) is 11.3 Å². The number of hydrazine groups is 1. The Morgan fingerprint density at radius 3 is 2.30 bits per heavy atom. The van der Waals surface area contributed by atoms with Crippen LogP contribution in [0.2, 0.25) is 0 Å². The molecule has 0 unspecified atom stereocenters. The maximum Gasteiger partial charge on any atom is 0.426 e. The summed E-state index contributed by atoms with van der Waals surface area (Å²) in [7, 11) is -3.76. The Bertz CT molecular complexity index is 1160. The Morgan fingerprint density at radius 2 is 1.60 bits per heavy atom. The average Bonchev–Trinajstić information content (AvgIpc) is 2.73. The van der Waals surface area contributed by atoms with Gasteiger partial charge in [0.05, 0.1) is 17.9 Å². The van der Waals surface area contributed by atoms with Crippen molar-refractivity contribution in [3.05, 3.63) is 72.3 Å². The lowest BCUT2D eigenvalue weighted by molar-refractivity contribution is -0.121. The third-order valence-electron chi connectivity index (χ3n) is 4.18. The molecule has 0 aliphatic carbocycles. The predicted octanol–water partition coefficient (Wildman–Crippen LogP) is 2.96. The zero-order valence-electron chi connectivity index (χ0n) is 16.2. The predicted molar refractivity (Wildman–Crippen MR) is 113 cm³/mol. The minimum Gasteiger partial charge on any atom is -0.449 e. The summed E-state index contributed by atoms with van der Waals surface area (Å²) in [6, 6.07) is 18.8. The van der Waals surface area contributed by atoms with Crippen molar-refractivity contribution in [2.45, 2.75) is 18.2 Å². The summed E-state index contributed by atoms with van der Waals surface area (Å²) in [5.41, 5.74) is 5.37. The Kier molecular flexibility index (Phi) is 6.53. The zero-order chi connectivity index (χ0) is 21.6. The van der Waals surface area contributed by atoms with Gasteiger partial charge in [-0.25, -0.2) is 18.6 Å². The van der Waals surface area contributed by atoms with Gasteiger partial charge in [-0.15, -0.1) is 0 Å². The van der Waals surface area contributed by atoms with Crippen molar-refractivity contribution in [1.29, 1.82) is 0 Å². The highest BCUT2D eigenvalue weighted by Crippen LogP contribution is 2.21. The first-order chi connectivity index (χ1) is 14.4. The van der Waals surface area contributed by atoms with Crippen molar-refractivity contribution in [2.75, 3.05) is 11.3 Å². The number of nitrogens with one attached hydrogen (secondary N) is 3. The van der Waals surface area contributed by atoms with E-state index in [4.69, 9.17) is 0 Å². The highest BCUT2D eigenvalue weighted by atomic mass is 32.2. The number of rotatable bonds is 6. The van der Waals surface area contributed by atoms with Crippen LogP contribution in [0.25, 0.3) is 10.8 Å². The van der Waals surface area contributed by atoms with Gasteiger partial charge in [-0.2, -0.15) is 0 Å². The van der Waals surface area contributed by atoms with Crippen LogP contribution >= 0.6 is 0 Å². The van der Waals surface area contributed by atoms with E-state index < -0.39 is 22.0 Å². The summed E-state index contributed by atoms with van der Waals surface area (Å²) in [5.74, 6) is -0.437. The van der Waals surface area contributed by atoms with Gasteiger partial charge in [-0.05, 0) is 47.5 Å². The van der Waals surface area contributed by atoms with Crippen LogP contribution in [0.15, 0.2) is 71.6 Å². The van der Waals surface area contributed by atoms with Crippen molar-refractivity contribution in [1.82, 2.24) is 10.9 Å². The van der Waals surface area contributed by atoms with Gasteiger partial charge < -0.3 is 4.74 Å². The van der Waals surface area contributed by atoms with Crippen LogP contribution in [0, 0.1) is 0 Å². The Morgan fingerprint density at radius 1 is 0.900 bits per heavy atom. The second-order valence-corrected chi connectivity index (χ2v) is 8.06. The van der Waals surface area contributed by atoms with E-state index in [1.807, 2.05) is 24.3 Å². The second-order valence-electron chi connectivity index (χ2n) is 6.38. The molecule has 0 fully saturated rings. The molecule has 0 bridgehead atoms. The average molecular weight is 427 g/mol. The van der Waals surface area contributed by atoms with Crippen LogP contribution in [0.4, 0.5) is 10.5 Å². The van der Waals surface area contributed by atoms with Gasteiger partial charge in [0.25, 0.3) is 10.0 Å². The van der Waals surface area contributed by atoms with Crippen LogP contribution in [-0.2, 0) is 26.0 Å². The maximum absolute atomic E-state index is 12.7. The van der Waals surface area contributed by atoms with Crippen LogP contribution < -0.4 is 15.6 Å². The topological polar surface area (TPSA) is 114 Å². The molecule has 2 amide bonds. The molecular weight excluding hydrogens is 406 g/mol. The second kappa shape index (κ2) is 9.27. The fourth-order valence-corrected chi connectivity index (χ4v) is 3.85. The van der Waals surface area contributed by atoms with Crippen molar-refractivity contribution in [3.8, 4) is 0 Å². The Hall–Kier alpha value is -3.59. The molecule has 3 N–H and O–H groups in total. The zero-order valence-corrected chi connectivity index (χ0v) is 17.0. The molecule has 3 aromatic rings. The van der Waals surface area contributed by atoms with E-state index in [2.05, 4.69) is 20.3 Å². The molecule has 0 radical (unpaired) electrons. The fourth-order valence-electron chi connectivity index (χ4n) is 2.76. The molecule has 0 saturated heterocycles. The lowest BCUT2D eigenvalue weighted by atomic mass is 10.1. The fraction of sp³-hybridized carbons (Fsp3) is 0.143. The first-order valence-electron chi connectivity index (χ1n) is 9.19. The van der Waals surface area contributed by atoms with E-state index in [1.54, 1.807) is 49.4 Å². The third-order valence-corrected chi connectivity index (χ3v) is 5.56. The summed E-state index contributed by atoms with van der Waals surface area (Å²) in [6.07, 6.45) is -0.742. The highest BCUT2D eigenvalue weighted by Gasteiger charge is 2.15. The number of anilines is 1. The lowest BCUT2D eigenvalue weighted by Gasteiger charge is -2.10. The molecule has 0 saturated carbocycles. The van der Waals surface area contributed by atoms with Gasteiger partial charge in [0.1, 0.15) is 0 Å². The molecule has 156 valence electrons. The van der Waals surface area contributed by atoms with Crippen LogP contribution in [-0.4, -0.2) is 27.0 Å². The van der Waals surface area contributed by atoms with Crippen molar-refractivity contribution in [3.63, 3.8) is 0 Å². The number of carbonyl (C=O) groups excluding carboxylic acids is 2. The number of carbonyl (C=O) groups is 2. The van der Waals surface area contributed by atoms with Crippen molar-refractivity contribution in [2.24, 2.45) is 0 Å². The SMILES string of the molecule is CCOC(=O)NNC(=O)Cc1ccc(NS(=O)(=O)c2ccc3ccccc3c2)cc1. The van der Waals surface area contributed by atoms with Gasteiger partial charge >= 0.3 is 6.09 Å². The molecule has 0 aliphatic heterocycles. The summed E-state index contributed by atoms with van der Waals surface area (Å²) < 4.78 is 32.5. The molecule has 0 spiro atoms. The van der Waals surface area contributed by atoms with E-state index >= 15 is 0 Å². The lowest BCUT2D eigenvalue weighted by Crippen LogP contribution is -2.42. The Labute approximate surface area is 174 Å². The number of hydrogen-bond acceptors (Lipinski definition) is 5. The number of benzene rings is 3. The first-order valence-corrected chi connectivity index (χ1v) is 10.7. The maximum atomic E-state index is 12.7. The molecule has 3 rings (SSSR count). The van der Waals surface area contributed by atoms with Crippen molar-refractivity contribution >= 4 is 38.5 Å². The van der Waals surface area contributed by atoms with Gasteiger partial charge in [0, 0.05) is 5.69 Å². The van der Waals surface area contributed by atoms with Crippen LogP contribution in [0.5, 0.6) is 0 Å². The van der Waals surface area contributed by atoms with Gasteiger partial charge in [-0.3, -0.25) is 14.9 Å². The molecule has 9 heteroatoms. The summed E-state index contributed by atoms with van der Waals surface area (Å²) in [5, 5.41) is 1.79. The molecule has 8 nitrogen and oxygen atoms in total. The summed E-state index contributed by atoms with van der Waals surface area (Å²) in [6.45, 7) is 1.84. The van der Waals surface area contributed by atoms with Crippen LogP contribution in [0.3, 0.4) is 0 Å². The van der Waals surface area contributed by atoms with Crippen LogP contribution in [0.1, 0.15) is 12.5 Å². The third kappa shape index (κ3) is 5.48. The Balaban J connectivity index is 1.62. The van der Waals surface area contributed by atoms with Gasteiger partial charge in [-0.1, -0.05) is 42.5 Å². The molecule has 3 aromatic carbocycles. The number of fused-ring (bicyclic) bond motifs is 1. The van der Waals surface area contributed by atoms with Gasteiger partial charge in [0.2, 0.25) is 5.91 Å². The quantitative estimate of drug-likeness (QED) is 0.524. The molecular formula is C21H21N3O5S. The number of ether oxygens (including phenoxy) is 1. The van der Waals surface area contributed by atoms with E-state index in [-0.39, 0.29) is 17.9 Å². The molecule has 0 aromatic heterocycles. The smallest absolute Gasteiger partial charge is 0.426 e. The number of sulfonamides is 1. The minimum atomic E-state index is -3.76. The van der Waals surface area contributed by atoms with E-state index in [9.17, 15) is 18.0 Å². The summed E-state index contributed by atoms with van der Waals surface area (Å²) in [4.78, 5) is 23.1. The molecule has 0 aliphatic rings. The van der Waals surface area contributed by atoms with Crippen molar-refractivity contribution < 1.29 is 22.7 Å². The summed E-state index contributed by atoms with van der Waals surface area (Å²) >= 11 is 0. The van der Waals surface area contributed by atoms with E-state index in [0.717, 1.165) is 10.8 Å².